The number of hydrogen-bond acceptors (Lipinski definition) is 1. The van der Waals surface area contributed by atoms with Crippen LogP contribution in [0.2, 0.25) is 0 Å². The van der Waals surface area contributed by atoms with Crippen molar-refractivity contribution in [3.8, 4) is 0 Å². The molecule has 1 aliphatic rings. The molecule has 0 fully saturated rings. The van der Waals surface area contributed by atoms with Crippen LogP contribution in [0.1, 0.15) is 18.4 Å². The lowest BCUT2D eigenvalue weighted by atomic mass is 10.0. The number of hydrogen-bond donors (Lipinski definition) is 1. The number of allylic oxidation sites excluding steroid dienone is 1. The van der Waals surface area contributed by atoms with Crippen molar-refractivity contribution in [2.75, 3.05) is 6.54 Å². The van der Waals surface area contributed by atoms with Gasteiger partial charge in [-0.15, -0.1) is 0 Å². The van der Waals surface area contributed by atoms with Crippen molar-refractivity contribution in [1.29, 1.82) is 0 Å². The summed E-state index contributed by atoms with van der Waals surface area (Å²) in [5.74, 6) is 0.575. The fourth-order valence-electron chi connectivity index (χ4n) is 1.60. The summed E-state index contributed by atoms with van der Waals surface area (Å²) < 4.78 is 0. The molecular weight excluding hydrogens is 146 g/mol. The first kappa shape index (κ1) is 7.41. The minimum Gasteiger partial charge on any atom is -0.388 e. The van der Waals surface area contributed by atoms with Gasteiger partial charge in [0.1, 0.15) is 0 Å². The van der Waals surface area contributed by atoms with Gasteiger partial charge in [-0.2, -0.15) is 0 Å². The molecule has 0 saturated carbocycles. The minimum absolute atomic E-state index is 0.575. The SMILES string of the molecule is CC1=CC(c2ccccc2)CN1. The van der Waals surface area contributed by atoms with Crippen molar-refractivity contribution in [1.82, 2.24) is 5.32 Å². The molecule has 62 valence electrons. The second-order valence-electron chi connectivity index (χ2n) is 3.25. The third kappa shape index (κ3) is 1.35. The van der Waals surface area contributed by atoms with Crippen LogP contribution in [0.4, 0.5) is 0 Å². The third-order valence-electron chi connectivity index (χ3n) is 2.28. The largest absolute Gasteiger partial charge is 0.388 e. The van der Waals surface area contributed by atoms with Gasteiger partial charge < -0.3 is 5.32 Å². The molecule has 1 aromatic rings. The second kappa shape index (κ2) is 3.02. The van der Waals surface area contributed by atoms with Gasteiger partial charge in [0.15, 0.2) is 0 Å². The fraction of sp³-hybridized carbons (Fsp3) is 0.273. The van der Waals surface area contributed by atoms with Crippen LogP contribution >= 0.6 is 0 Å². The van der Waals surface area contributed by atoms with E-state index < -0.39 is 0 Å². The van der Waals surface area contributed by atoms with E-state index in [4.69, 9.17) is 0 Å². The molecule has 1 atom stereocenters. The first-order valence-corrected chi connectivity index (χ1v) is 4.33. The molecule has 0 saturated heterocycles. The Bertz CT molecular complexity index is 287. The Labute approximate surface area is 73.1 Å². The average Bonchev–Trinajstić information content (AvgIpc) is 2.54. The smallest absolute Gasteiger partial charge is 0.0248 e. The van der Waals surface area contributed by atoms with E-state index >= 15 is 0 Å². The van der Waals surface area contributed by atoms with E-state index in [1.807, 2.05) is 0 Å². The van der Waals surface area contributed by atoms with E-state index in [0.717, 1.165) is 6.54 Å². The summed E-state index contributed by atoms with van der Waals surface area (Å²) in [6.45, 7) is 3.17. The van der Waals surface area contributed by atoms with Gasteiger partial charge in [0, 0.05) is 18.2 Å². The van der Waals surface area contributed by atoms with Gasteiger partial charge in [0.2, 0.25) is 0 Å². The highest BCUT2D eigenvalue weighted by molar-refractivity contribution is 5.28. The van der Waals surface area contributed by atoms with Crippen molar-refractivity contribution >= 4 is 0 Å². The zero-order valence-electron chi connectivity index (χ0n) is 7.25. The van der Waals surface area contributed by atoms with Crippen LogP contribution in [-0.4, -0.2) is 6.54 Å². The zero-order valence-corrected chi connectivity index (χ0v) is 7.25. The van der Waals surface area contributed by atoms with E-state index in [1.54, 1.807) is 0 Å². The zero-order chi connectivity index (χ0) is 8.39. The summed E-state index contributed by atoms with van der Waals surface area (Å²) in [4.78, 5) is 0. The van der Waals surface area contributed by atoms with Crippen LogP contribution < -0.4 is 5.32 Å². The molecule has 1 heterocycles. The van der Waals surface area contributed by atoms with Crippen molar-refractivity contribution in [3.63, 3.8) is 0 Å². The van der Waals surface area contributed by atoms with E-state index in [9.17, 15) is 0 Å². The van der Waals surface area contributed by atoms with Crippen LogP contribution in [0, 0.1) is 0 Å². The van der Waals surface area contributed by atoms with E-state index in [1.165, 1.54) is 11.3 Å². The molecule has 2 rings (SSSR count). The average molecular weight is 159 g/mol. The summed E-state index contributed by atoms with van der Waals surface area (Å²) in [6, 6.07) is 10.6. The minimum atomic E-state index is 0.575. The Kier molecular flexibility index (Phi) is 1.86. The summed E-state index contributed by atoms with van der Waals surface area (Å²) in [5, 5.41) is 3.33. The lowest BCUT2D eigenvalue weighted by Gasteiger charge is -2.05. The summed E-state index contributed by atoms with van der Waals surface area (Å²) in [7, 11) is 0. The maximum atomic E-state index is 3.33. The Balaban J connectivity index is 2.22. The van der Waals surface area contributed by atoms with Crippen molar-refractivity contribution in [2.24, 2.45) is 0 Å². The van der Waals surface area contributed by atoms with E-state index in [-0.39, 0.29) is 0 Å². The molecule has 1 unspecified atom stereocenters. The topological polar surface area (TPSA) is 12.0 Å². The highest BCUT2D eigenvalue weighted by atomic mass is 14.9. The monoisotopic (exact) mass is 159 g/mol. The molecule has 0 aliphatic carbocycles. The molecule has 1 heteroatoms. The van der Waals surface area contributed by atoms with Gasteiger partial charge in [0.05, 0.1) is 0 Å². The van der Waals surface area contributed by atoms with Gasteiger partial charge in [-0.25, -0.2) is 0 Å². The molecule has 1 N–H and O–H groups in total. The fourth-order valence-corrected chi connectivity index (χ4v) is 1.60. The second-order valence-corrected chi connectivity index (χ2v) is 3.25. The quantitative estimate of drug-likeness (QED) is 0.663. The molecule has 1 aliphatic heterocycles. The molecule has 0 radical (unpaired) electrons. The summed E-state index contributed by atoms with van der Waals surface area (Å²) in [6.07, 6.45) is 2.29. The van der Waals surface area contributed by atoms with Crippen molar-refractivity contribution in [3.05, 3.63) is 47.7 Å². The first-order valence-electron chi connectivity index (χ1n) is 4.33. The highest BCUT2D eigenvalue weighted by Gasteiger charge is 2.13. The van der Waals surface area contributed by atoms with Crippen LogP contribution in [0.5, 0.6) is 0 Å². The maximum absolute atomic E-state index is 3.33. The summed E-state index contributed by atoms with van der Waals surface area (Å²) >= 11 is 0. The molecule has 0 aromatic heterocycles. The molecule has 1 nitrogen and oxygen atoms in total. The predicted molar refractivity (Wildman–Crippen MR) is 50.9 cm³/mol. The number of nitrogens with one attached hydrogen (secondary N) is 1. The van der Waals surface area contributed by atoms with Gasteiger partial charge in [-0.3, -0.25) is 0 Å². The summed E-state index contributed by atoms with van der Waals surface area (Å²) in [5.41, 5.74) is 2.70. The Hall–Kier alpha value is -1.24. The van der Waals surface area contributed by atoms with Crippen molar-refractivity contribution < 1.29 is 0 Å². The molecule has 12 heavy (non-hydrogen) atoms. The number of rotatable bonds is 1. The molecule has 0 bridgehead atoms. The van der Waals surface area contributed by atoms with Crippen molar-refractivity contribution in [2.45, 2.75) is 12.8 Å². The van der Waals surface area contributed by atoms with E-state index in [0.29, 0.717) is 5.92 Å². The predicted octanol–water partition coefficient (Wildman–Crippen LogP) is 2.28. The molecule has 0 spiro atoms. The molecule has 0 amide bonds. The first-order chi connectivity index (χ1) is 5.86. The lowest BCUT2D eigenvalue weighted by Crippen LogP contribution is -2.09. The lowest BCUT2D eigenvalue weighted by molar-refractivity contribution is 0.796. The van der Waals surface area contributed by atoms with Crippen LogP contribution in [-0.2, 0) is 0 Å². The highest BCUT2D eigenvalue weighted by Crippen LogP contribution is 2.21. The van der Waals surface area contributed by atoms with E-state index in [2.05, 4.69) is 48.6 Å². The third-order valence-corrected chi connectivity index (χ3v) is 2.28. The standard InChI is InChI=1S/C11H13N/c1-9-7-11(8-12-9)10-5-3-2-4-6-10/h2-7,11-12H,8H2,1H3. The van der Waals surface area contributed by atoms with Gasteiger partial charge in [-0.05, 0) is 12.5 Å². The van der Waals surface area contributed by atoms with Crippen LogP contribution in [0.3, 0.4) is 0 Å². The Morgan fingerprint density at radius 1 is 1.25 bits per heavy atom. The van der Waals surface area contributed by atoms with Crippen LogP contribution in [0.15, 0.2) is 42.1 Å². The van der Waals surface area contributed by atoms with Crippen LogP contribution in [0.25, 0.3) is 0 Å². The number of benzene rings is 1. The Morgan fingerprint density at radius 2 is 2.00 bits per heavy atom. The normalized spacial score (nSPS) is 21.8. The molecular formula is C11H13N. The van der Waals surface area contributed by atoms with Gasteiger partial charge in [-0.1, -0.05) is 36.4 Å². The van der Waals surface area contributed by atoms with Gasteiger partial charge >= 0.3 is 0 Å². The maximum Gasteiger partial charge on any atom is 0.0248 e. The Morgan fingerprint density at radius 3 is 2.58 bits per heavy atom. The van der Waals surface area contributed by atoms with Gasteiger partial charge in [0.25, 0.3) is 0 Å². The molecule has 1 aromatic carbocycles.